The van der Waals surface area contributed by atoms with Gasteiger partial charge >= 0.3 is 5.97 Å². The second kappa shape index (κ2) is 6.56. The van der Waals surface area contributed by atoms with Gasteiger partial charge in [0.2, 0.25) is 0 Å². The van der Waals surface area contributed by atoms with Gasteiger partial charge < -0.3 is 24.8 Å². The van der Waals surface area contributed by atoms with Crippen molar-refractivity contribution in [3.05, 3.63) is 23.8 Å². The number of carboxylic acid groups (broad SMARTS) is 1. The lowest BCUT2D eigenvalue weighted by Gasteiger charge is -2.46. The molecule has 0 aromatic carbocycles. The van der Waals surface area contributed by atoms with Crippen LogP contribution in [0.2, 0.25) is 0 Å². The lowest BCUT2D eigenvalue weighted by Crippen LogP contribution is -2.50. The van der Waals surface area contributed by atoms with Crippen LogP contribution in [0.15, 0.2) is 23.8 Å². The number of rotatable bonds is 7. The van der Waals surface area contributed by atoms with Crippen LogP contribution in [0.1, 0.15) is 33.1 Å². The minimum atomic E-state index is -1.48. The van der Waals surface area contributed by atoms with E-state index in [1.807, 2.05) is 13.8 Å². The zero-order valence-corrected chi connectivity index (χ0v) is 15.1. The van der Waals surface area contributed by atoms with Gasteiger partial charge in [-0.3, -0.25) is 4.79 Å². The van der Waals surface area contributed by atoms with Gasteiger partial charge in [0.15, 0.2) is 17.5 Å². The summed E-state index contributed by atoms with van der Waals surface area (Å²) in [6.07, 6.45) is 0.647. The monoisotopic (exact) mass is 366 g/mol. The molecule has 26 heavy (non-hydrogen) atoms. The molecule has 0 radical (unpaired) electrons. The van der Waals surface area contributed by atoms with E-state index in [0.29, 0.717) is 18.4 Å². The van der Waals surface area contributed by atoms with E-state index in [1.165, 1.54) is 0 Å². The summed E-state index contributed by atoms with van der Waals surface area (Å²) in [6, 6.07) is 0. The summed E-state index contributed by atoms with van der Waals surface area (Å²) in [5, 5.41) is 28.2. The highest BCUT2D eigenvalue weighted by Gasteiger charge is 2.74. The number of aliphatic hydroxyl groups is 2. The molecule has 3 aliphatic rings. The highest BCUT2D eigenvalue weighted by Crippen LogP contribution is 2.63. The fourth-order valence-corrected chi connectivity index (χ4v) is 4.36. The van der Waals surface area contributed by atoms with Gasteiger partial charge in [-0.15, -0.1) is 0 Å². The number of ether oxygens (including phenoxy) is 2. The first-order valence-electron chi connectivity index (χ1n) is 8.94. The number of carbonyl (C=O) groups is 2. The van der Waals surface area contributed by atoms with E-state index in [0.717, 1.165) is 5.57 Å². The van der Waals surface area contributed by atoms with Gasteiger partial charge in [0, 0.05) is 11.8 Å². The third kappa shape index (κ3) is 2.74. The van der Waals surface area contributed by atoms with Gasteiger partial charge in [0.25, 0.3) is 0 Å². The van der Waals surface area contributed by atoms with Gasteiger partial charge in [-0.25, -0.2) is 4.79 Å². The van der Waals surface area contributed by atoms with Crippen LogP contribution in [0.4, 0.5) is 0 Å². The number of hydrogen-bond acceptors (Lipinski definition) is 6. The molecule has 6 atom stereocenters. The zero-order valence-electron chi connectivity index (χ0n) is 15.1. The molecule has 0 aromatic heterocycles. The maximum atomic E-state index is 12.7. The second-order valence-electron chi connectivity index (χ2n) is 7.74. The van der Waals surface area contributed by atoms with E-state index >= 15 is 0 Å². The predicted octanol–water partition coefficient (Wildman–Crippen LogP) is 0.839. The lowest BCUT2D eigenvalue weighted by molar-refractivity contribution is -0.147. The van der Waals surface area contributed by atoms with E-state index in [9.17, 15) is 19.8 Å². The van der Waals surface area contributed by atoms with Crippen LogP contribution in [0.3, 0.4) is 0 Å². The van der Waals surface area contributed by atoms with Crippen molar-refractivity contribution in [2.45, 2.75) is 57.0 Å². The molecule has 0 aromatic rings. The summed E-state index contributed by atoms with van der Waals surface area (Å²) < 4.78 is 11.3. The fourth-order valence-electron chi connectivity index (χ4n) is 4.36. The number of carbonyl (C=O) groups excluding carboxylic acids is 1. The molecule has 0 bridgehead atoms. The molecule has 2 aliphatic carbocycles. The molecule has 0 amide bonds. The Morgan fingerprint density at radius 2 is 2.23 bits per heavy atom. The van der Waals surface area contributed by atoms with Crippen LogP contribution >= 0.6 is 0 Å². The van der Waals surface area contributed by atoms with Crippen LogP contribution in [-0.2, 0) is 19.1 Å². The van der Waals surface area contributed by atoms with Crippen molar-refractivity contribution >= 4 is 11.8 Å². The Morgan fingerprint density at radius 1 is 1.54 bits per heavy atom. The minimum Gasteiger partial charge on any atom is -0.479 e. The highest BCUT2D eigenvalue weighted by atomic mass is 16.6. The Labute approximate surface area is 152 Å². The maximum absolute atomic E-state index is 12.7. The van der Waals surface area contributed by atoms with E-state index in [4.69, 9.17) is 14.6 Å². The third-order valence-corrected chi connectivity index (χ3v) is 6.38. The highest BCUT2D eigenvalue weighted by molar-refractivity contribution is 6.04. The number of aliphatic hydroxyl groups excluding tert-OH is 2. The molecule has 1 saturated carbocycles. The van der Waals surface area contributed by atoms with Crippen LogP contribution in [0.25, 0.3) is 0 Å². The molecule has 1 saturated heterocycles. The van der Waals surface area contributed by atoms with Crippen molar-refractivity contribution in [2.24, 2.45) is 11.3 Å². The standard InChI is InChI=1S/C19H26O7/c1-10(9-25-7-6-14(21)16(23)24)19-15(22)8-12-4-5-13(20)11(2)18(12,3)17(19)26-19/h8,11,13-14,17,20-21H,1,4-7,9H2,2-3H3,(H,23,24). The first kappa shape index (κ1) is 19.2. The molecular weight excluding hydrogens is 340 g/mol. The van der Waals surface area contributed by atoms with Crippen molar-refractivity contribution in [1.82, 2.24) is 0 Å². The number of epoxide rings is 1. The molecule has 1 aliphatic heterocycles. The Bertz CT molecular complexity index is 669. The van der Waals surface area contributed by atoms with Crippen LogP contribution in [0.5, 0.6) is 0 Å². The largest absolute Gasteiger partial charge is 0.479 e. The molecular formula is C19H26O7. The SMILES string of the molecule is C=C(COCCC(O)C(=O)O)C12OC1C1(C)C(=CC2=O)CCC(O)C1C. The van der Waals surface area contributed by atoms with Crippen molar-refractivity contribution in [1.29, 1.82) is 0 Å². The molecule has 1 heterocycles. The van der Waals surface area contributed by atoms with Crippen molar-refractivity contribution < 1.29 is 34.4 Å². The average molecular weight is 366 g/mol. The molecule has 7 heteroatoms. The quantitative estimate of drug-likeness (QED) is 0.347. The van der Waals surface area contributed by atoms with Gasteiger partial charge in [-0.1, -0.05) is 26.0 Å². The summed E-state index contributed by atoms with van der Waals surface area (Å²) in [5.41, 5.74) is -0.0268. The summed E-state index contributed by atoms with van der Waals surface area (Å²) in [4.78, 5) is 23.3. The first-order valence-corrected chi connectivity index (χ1v) is 8.94. The summed E-state index contributed by atoms with van der Waals surface area (Å²) in [6.45, 7) is 8.06. The Kier molecular flexibility index (Phi) is 4.85. The van der Waals surface area contributed by atoms with Gasteiger partial charge in [0.05, 0.1) is 19.3 Å². The van der Waals surface area contributed by atoms with Crippen molar-refractivity contribution in [2.75, 3.05) is 13.2 Å². The summed E-state index contributed by atoms with van der Waals surface area (Å²) in [5.74, 6) is -1.48. The van der Waals surface area contributed by atoms with Crippen molar-refractivity contribution in [3.8, 4) is 0 Å². The van der Waals surface area contributed by atoms with E-state index < -0.39 is 29.2 Å². The maximum Gasteiger partial charge on any atom is 0.332 e. The zero-order chi connectivity index (χ0) is 19.3. The average Bonchev–Trinajstić information content (AvgIpc) is 3.36. The fraction of sp³-hybridized carbons (Fsp3) is 0.684. The Morgan fingerprint density at radius 3 is 2.88 bits per heavy atom. The number of ketones is 1. The normalized spacial score (nSPS) is 39.5. The molecule has 2 fully saturated rings. The van der Waals surface area contributed by atoms with Crippen molar-refractivity contribution in [3.63, 3.8) is 0 Å². The molecule has 0 spiro atoms. The van der Waals surface area contributed by atoms with Gasteiger partial charge in [-0.2, -0.15) is 0 Å². The molecule has 6 unspecified atom stereocenters. The minimum absolute atomic E-state index is 0.0366. The number of fused-ring (bicyclic) bond motifs is 3. The van der Waals surface area contributed by atoms with Crippen LogP contribution < -0.4 is 0 Å². The van der Waals surface area contributed by atoms with Crippen LogP contribution in [-0.4, -0.2) is 64.2 Å². The topological polar surface area (TPSA) is 117 Å². The molecule has 144 valence electrons. The number of carboxylic acids is 1. The van der Waals surface area contributed by atoms with E-state index in [2.05, 4.69) is 6.58 Å². The van der Waals surface area contributed by atoms with E-state index in [-0.39, 0.29) is 37.4 Å². The predicted molar refractivity (Wildman–Crippen MR) is 91.4 cm³/mol. The molecule has 7 nitrogen and oxygen atoms in total. The summed E-state index contributed by atoms with van der Waals surface area (Å²) >= 11 is 0. The van der Waals surface area contributed by atoms with E-state index in [1.54, 1.807) is 6.08 Å². The lowest BCUT2D eigenvalue weighted by atomic mass is 9.57. The third-order valence-electron chi connectivity index (χ3n) is 6.38. The Balaban J connectivity index is 1.68. The first-order chi connectivity index (χ1) is 12.2. The molecule has 3 rings (SSSR count). The summed E-state index contributed by atoms with van der Waals surface area (Å²) in [7, 11) is 0. The number of aliphatic carboxylic acids is 1. The Hall–Kier alpha value is -1.54. The smallest absolute Gasteiger partial charge is 0.332 e. The molecule has 3 N–H and O–H groups in total. The second-order valence-corrected chi connectivity index (χ2v) is 7.74. The van der Waals surface area contributed by atoms with Gasteiger partial charge in [0.1, 0.15) is 6.10 Å². The van der Waals surface area contributed by atoms with Crippen LogP contribution in [0, 0.1) is 11.3 Å². The van der Waals surface area contributed by atoms with Gasteiger partial charge in [-0.05, 0) is 30.4 Å². The number of hydrogen-bond donors (Lipinski definition) is 3.